The van der Waals surface area contributed by atoms with Crippen molar-refractivity contribution in [2.75, 3.05) is 0 Å². The number of carbonyl (C=O) groups is 6. The second-order valence-corrected chi connectivity index (χ2v) is 6.60. The lowest BCUT2D eigenvalue weighted by molar-refractivity contribution is -0.136. The minimum Gasteiger partial charge on any atom is -0.478 e. The quantitative estimate of drug-likeness (QED) is 0.139. The summed E-state index contributed by atoms with van der Waals surface area (Å²) in [5, 5.41) is 19.5. The predicted molar refractivity (Wildman–Crippen MR) is 172 cm³/mol. The van der Waals surface area contributed by atoms with Crippen molar-refractivity contribution in [2.24, 2.45) is 0 Å². The Balaban J connectivity index is -0.000000595. The first-order chi connectivity index (χ1) is 21.1. The van der Waals surface area contributed by atoms with Crippen molar-refractivity contribution in [1.82, 2.24) is 0 Å². The number of ketones is 2. The lowest BCUT2D eigenvalue weighted by Crippen LogP contribution is -2.22. The van der Waals surface area contributed by atoms with Gasteiger partial charge in [0.05, 0.1) is 16.7 Å². The first-order valence-corrected chi connectivity index (χ1v) is 14.0. The molecule has 0 radical (unpaired) electrons. The largest absolute Gasteiger partial charge is 0.478 e. The second kappa shape index (κ2) is 25.6. The number of carboxylic acids is 2. The minimum atomic E-state index is -1.82. The van der Waals surface area contributed by atoms with Gasteiger partial charge in [-0.05, 0) is 36.3 Å². The van der Waals surface area contributed by atoms with Gasteiger partial charge in [-0.1, -0.05) is 68.9 Å². The summed E-state index contributed by atoms with van der Waals surface area (Å²) < 4.78 is 9.73. The van der Waals surface area contributed by atoms with E-state index in [-0.39, 0.29) is 35.6 Å². The fourth-order valence-electron chi connectivity index (χ4n) is 3.30. The molecule has 2 aliphatic carbocycles. The summed E-state index contributed by atoms with van der Waals surface area (Å²) in [4.78, 5) is 71.9. The van der Waals surface area contributed by atoms with Crippen molar-refractivity contribution in [3.05, 3.63) is 108 Å². The Hall–Kier alpha value is -5.12. The molecule has 0 aromatic heterocycles. The normalized spacial score (nSPS) is 15.9. The maximum atomic E-state index is 12.6. The van der Waals surface area contributed by atoms with Gasteiger partial charge in [0.25, 0.3) is 6.47 Å². The van der Waals surface area contributed by atoms with Crippen molar-refractivity contribution in [3.8, 4) is 0 Å². The van der Waals surface area contributed by atoms with E-state index in [1.807, 2.05) is 55.4 Å². The number of carbonyl (C=O) groups excluding carboxylic acids is 4. The molecule has 10 heteroatoms. The van der Waals surface area contributed by atoms with Crippen LogP contribution >= 0.6 is 0 Å². The second-order valence-electron chi connectivity index (χ2n) is 6.60. The molecule has 0 aromatic rings. The third kappa shape index (κ3) is 11.6. The van der Waals surface area contributed by atoms with Crippen LogP contribution in [0, 0.1) is 0 Å². The molecule has 1 aliphatic heterocycles. The SMILES string of the molecule is C=C.C=C.C=C1C(=O)OC2=C/C(=C(C(=O)O)\C(C(=O)O)=C3/C=C(OC=O)C(CC)=CC3=O)C(=O)C=C12.CC.CC.CC.CC. The number of ether oxygens (including phenoxy) is 2. The molecule has 0 spiro atoms. The number of rotatable bonds is 6. The molecule has 2 N–H and O–H groups in total. The molecule has 1 fully saturated rings. The molecule has 0 unspecified atom stereocenters. The van der Waals surface area contributed by atoms with E-state index in [1.54, 1.807) is 6.92 Å². The van der Waals surface area contributed by atoms with Crippen molar-refractivity contribution in [2.45, 2.75) is 68.7 Å². The van der Waals surface area contributed by atoms with Crippen LogP contribution < -0.4 is 0 Å². The van der Waals surface area contributed by atoms with Crippen LogP contribution in [0.4, 0.5) is 0 Å². The zero-order valence-electron chi connectivity index (χ0n) is 27.3. The molecule has 1 heterocycles. The van der Waals surface area contributed by atoms with Gasteiger partial charge in [0.1, 0.15) is 11.5 Å². The van der Waals surface area contributed by atoms with E-state index in [9.17, 15) is 39.0 Å². The van der Waals surface area contributed by atoms with Crippen LogP contribution in [0.15, 0.2) is 108 Å². The summed E-state index contributed by atoms with van der Waals surface area (Å²) >= 11 is 0. The van der Waals surface area contributed by atoms with Gasteiger partial charge in [0.2, 0.25) is 0 Å². The topological polar surface area (TPSA) is 161 Å². The monoisotopic (exact) mass is 614 g/mol. The smallest absolute Gasteiger partial charge is 0.343 e. The predicted octanol–water partition coefficient (Wildman–Crippen LogP) is 6.94. The van der Waals surface area contributed by atoms with Gasteiger partial charge in [-0.15, -0.1) is 26.3 Å². The van der Waals surface area contributed by atoms with Gasteiger partial charge in [0, 0.05) is 16.7 Å². The summed E-state index contributed by atoms with van der Waals surface area (Å²) in [6.45, 7) is 33.2. The summed E-state index contributed by atoms with van der Waals surface area (Å²) in [5.41, 5.74) is -3.00. The molecular weight excluding hydrogens is 568 g/mol. The van der Waals surface area contributed by atoms with Crippen LogP contribution in [-0.4, -0.2) is 46.2 Å². The van der Waals surface area contributed by atoms with E-state index in [0.29, 0.717) is 5.57 Å². The number of hydrogen-bond acceptors (Lipinski definition) is 8. The number of allylic oxidation sites excluding steroid dienone is 8. The Labute approximate surface area is 260 Å². The summed E-state index contributed by atoms with van der Waals surface area (Å²) in [6.07, 6.45) is 4.03. The molecule has 44 heavy (non-hydrogen) atoms. The van der Waals surface area contributed by atoms with E-state index < -0.39 is 51.8 Å². The molecule has 3 rings (SSSR count). The van der Waals surface area contributed by atoms with Gasteiger partial charge < -0.3 is 19.7 Å². The minimum absolute atomic E-state index is 0.0452. The molecular formula is C34H46O10. The molecule has 0 atom stereocenters. The number of carboxylic acid groups (broad SMARTS) is 2. The number of fused-ring (bicyclic) bond motifs is 1. The number of aliphatic carboxylic acids is 2. The van der Waals surface area contributed by atoms with Crippen molar-refractivity contribution in [3.63, 3.8) is 0 Å². The van der Waals surface area contributed by atoms with E-state index in [2.05, 4.69) is 32.9 Å². The van der Waals surface area contributed by atoms with Crippen LogP contribution in [0.2, 0.25) is 0 Å². The summed E-state index contributed by atoms with van der Waals surface area (Å²) in [6, 6.07) is 0. The Morgan fingerprint density at radius 1 is 0.773 bits per heavy atom. The standard InChI is InChI=1S/C22H14O10.4C2H6.2C2H4/c1-3-10-4-14(24)12(6-16(10)31-8-23)18(20(26)27)19(21(28)29)13-7-17-11(5-15(13)25)9(2)22(30)32-17;6*1-2/h4-8H,2-3H2,1H3,(H,26,27)(H,28,29);4*1-2H3;2*1-2H2/b18-12-,19-13-;;;;;;. The zero-order valence-corrected chi connectivity index (χ0v) is 27.3. The first-order valence-electron chi connectivity index (χ1n) is 14.0. The molecule has 0 saturated carbocycles. The highest BCUT2D eigenvalue weighted by molar-refractivity contribution is 6.22. The third-order valence-corrected chi connectivity index (χ3v) is 4.79. The molecule has 0 aromatic carbocycles. The van der Waals surface area contributed by atoms with E-state index in [4.69, 9.17) is 9.47 Å². The lowest BCUT2D eigenvalue weighted by atomic mass is 9.86. The van der Waals surface area contributed by atoms with Crippen molar-refractivity contribution < 1.29 is 48.5 Å². The van der Waals surface area contributed by atoms with E-state index in [0.717, 1.165) is 24.3 Å². The lowest BCUT2D eigenvalue weighted by Gasteiger charge is -2.18. The third-order valence-electron chi connectivity index (χ3n) is 4.79. The number of hydrogen-bond donors (Lipinski definition) is 2. The Morgan fingerprint density at radius 3 is 1.57 bits per heavy atom. The van der Waals surface area contributed by atoms with Crippen LogP contribution in [0.1, 0.15) is 68.7 Å². The molecule has 0 bridgehead atoms. The fourth-order valence-corrected chi connectivity index (χ4v) is 3.30. The highest BCUT2D eigenvalue weighted by Gasteiger charge is 2.37. The van der Waals surface area contributed by atoms with Crippen LogP contribution in [0.3, 0.4) is 0 Å². The zero-order chi connectivity index (χ0) is 35.7. The van der Waals surface area contributed by atoms with Crippen molar-refractivity contribution >= 4 is 35.9 Å². The van der Waals surface area contributed by atoms with Gasteiger partial charge in [-0.25, -0.2) is 14.4 Å². The van der Waals surface area contributed by atoms with Crippen molar-refractivity contribution in [1.29, 1.82) is 0 Å². The Morgan fingerprint density at radius 2 is 1.18 bits per heavy atom. The summed E-state index contributed by atoms with van der Waals surface area (Å²) in [7, 11) is 0. The summed E-state index contributed by atoms with van der Waals surface area (Å²) in [5.74, 6) is -6.58. The maximum Gasteiger partial charge on any atom is 0.343 e. The molecule has 0 amide bonds. The maximum absolute atomic E-state index is 12.6. The van der Waals surface area contributed by atoms with Gasteiger partial charge in [0.15, 0.2) is 11.6 Å². The van der Waals surface area contributed by atoms with Crippen LogP contribution in [-0.2, 0) is 38.2 Å². The van der Waals surface area contributed by atoms with E-state index in [1.165, 1.54) is 0 Å². The van der Waals surface area contributed by atoms with E-state index >= 15 is 0 Å². The van der Waals surface area contributed by atoms with Crippen LogP contribution in [0.5, 0.6) is 0 Å². The molecule has 1 saturated heterocycles. The van der Waals surface area contributed by atoms with Gasteiger partial charge in [-0.2, -0.15) is 0 Å². The number of esters is 1. The Kier molecular flexibility index (Phi) is 26.7. The van der Waals surface area contributed by atoms with Gasteiger partial charge in [-0.3, -0.25) is 14.4 Å². The molecule has 10 nitrogen and oxygen atoms in total. The van der Waals surface area contributed by atoms with Gasteiger partial charge >= 0.3 is 17.9 Å². The molecule has 3 aliphatic rings. The average molecular weight is 615 g/mol. The average Bonchev–Trinajstić information content (AvgIpc) is 3.33. The fraction of sp³-hybridized carbons (Fsp3) is 0.294. The highest BCUT2D eigenvalue weighted by Crippen LogP contribution is 2.36. The highest BCUT2D eigenvalue weighted by atomic mass is 16.5. The Bertz CT molecular complexity index is 1260. The van der Waals surface area contributed by atoms with Crippen LogP contribution in [0.25, 0.3) is 0 Å². The first kappa shape index (κ1) is 45.9. The molecule has 242 valence electrons.